The van der Waals surface area contributed by atoms with Crippen LogP contribution in [0.5, 0.6) is 0 Å². The molecule has 0 aromatic carbocycles. The molecule has 0 unspecified atom stereocenters. The van der Waals surface area contributed by atoms with E-state index in [0.717, 1.165) is 45.4 Å². The van der Waals surface area contributed by atoms with Crippen molar-refractivity contribution in [2.24, 2.45) is 0 Å². The summed E-state index contributed by atoms with van der Waals surface area (Å²) in [6.07, 6.45) is 50.9. The predicted molar refractivity (Wildman–Crippen MR) is 267 cm³/mol. The molecule has 11 nitrogen and oxygen atoms in total. The number of hydrogen-bond donors (Lipinski definition) is 7. The molecule has 0 aromatic rings. The van der Waals surface area contributed by atoms with E-state index >= 15 is 0 Å². The summed E-state index contributed by atoms with van der Waals surface area (Å²) < 4.78 is 0. The molecule has 0 atom stereocenters. The number of aliphatic carboxylic acids is 4. The van der Waals surface area contributed by atoms with Crippen LogP contribution in [0, 0.1) is 0 Å². The van der Waals surface area contributed by atoms with E-state index in [0.29, 0.717) is 19.3 Å². The maximum Gasteiger partial charge on any atom is 0.303 e. The van der Waals surface area contributed by atoms with Crippen molar-refractivity contribution in [1.82, 2.24) is 0 Å². The molecular weight excluding hydrogens is 813 g/mol. The minimum atomic E-state index is -0.954. The molecule has 0 bridgehead atoms. The summed E-state index contributed by atoms with van der Waals surface area (Å²) in [5, 5.41) is 56.9. The van der Waals surface area contributed by atoms with Gasteiger partial charge in [0.2, 0.25) is 0 Å². The van der Waals surface area contributed by atoms with Crippen LogP contribution in [0.2, 0.25) is 0 Å². The van der Waals surface area contributed by atoms with E-state index in [1.54, 1.807) is 0 Å². The van der Waals surface area contributed by atoms with Crippen molar-refractivity contribution < 1.29 is 54.9 Å². The number of carboxylic acids is 4. The van der Waals surface area contributed by atoms with Gasteiger partial charge in [-0.2, -0.15) is 0 Å². The molecule has 11 heteroatoms. The fraction of sp³-hybridized carbons (Fsp3) is 0.925. The lowest BCUT2D eigenvalue weighted by atomic mass is 10.0. The molecule has 0 saturated heterocycles. The fourth-order valence-corrected chi connectivity index (χ4v) is 6.94. The van der Waals surface area contributed by atoms with E-state index in [1.807, 2.05) is 0 Å². The topological polar surface area (TPSA) is 210 Å². The molecule has 0 aliphatic heterocycles. The summed E-state index contributed by atoms with van der Waals surface area (Å²) in [6.45, 7) is 7.14. The average Bonchev–Trinajstić information content (AvgIpc) is 3.25. The summed E-state index contributed by atoms with van der Waals surface area (Å²) in [4.78, 5) is 39.9. The van der Waals surface area contributed by atoms with E-state index in [-0.39, 0.29) is 13.2 Å². The number of unbranched alkanes of at least 4 members (excludes halogenated alkanes) is 36. The Bertz CT molecular complexity index is 797. The molecular formula is C53H108O11. The molecule has 0 spiro atoms. The minimum absolute atomic E-state index is 0.345. The van der Waals surface area contributed by atoms with Gasteiger partial charge in [0.15, 0.2) is 0 Å². The first-order valence-corrected chi connectivity index (χ1v) is 26.6. The minimum Gasteiger partial charge on any atom is -0.481 e. The van der Waals surface area contributed by atoms with Crippen LogP contribution in [0.1, 0.15) is 297 Å². The SMILES string of the molecule is CC(=O)O.CCCCCCCCCCCCCCCC(=O)O.CCCCCCCCCCCCCCCC(=O)O.CCCCCCCCCCCCCCCC(=O)O.OCC(O)CO. The Hall–Kier alpha value is -2.24. The molecule has 0 aromatic heterocycles. The van der Waals surface area contributed by atoms with Crippen LogP contribution in [0.4, 0.5) is 0 Å². The first kappa shape index (κ1) is 70.8. The molecule has 0 aliphatic carbocycles. The zero-order valence-electron chi connectivity index (χ0n) is 42.5. The summed E-state index contributed by atoms with van der Waals surface area (Å²) in [5.41, 5.74) is 0. The smallest absolute Gasteiger partial charge is 0.303 e. The van der Waals surface area contributed by atoms with E-state index in [9.17, 15) is 14.4 Å². The van der Waals surface area contributed by atoms with Gasteiger partial charge in [-0.1, -0.05) is 252 Å². The van der Waals surface area contributed by atoms with Crippen LogP contribution in [-0.4, -0.2) is 78.9 Å². The molecule has 0 radical (unpaired) electrons. The van der Waals surface area contributed by atoms with Crippen molar-refractivity contribution in [3.05, 3.63) is 0 Å². The lowest BCUT2D eigenvalue weighted by Crippen LogP contribution is -2.15. The zero-order chi connectivity index (χ0) is 49.0. The molecule has 0 aliphatic rings. The second kappa shape index (κ2) is 67.4. The normalized spacial score (nSPS) is 10.4. The highest BCUT2D eigenvalue weighted by molar-refractivity contribution is 5.67. The second-order valence-corrected chi connectivity index (χ2v) is 17.7. The van der Waals surface area contributed by atoms with Gasteiger partial charge in [0.25, 0.3) is 5.97 Å². The van der Waals surface area contributed by atoms with Crippen molar-refractivity contribution in [2.45, 2.75) is 303 Å². The number of carbonyl (C=O) groups is 4. The number of hydrogen-bond acceptors (Lipinski definition) is 7. The highest BCUT2D eigenvalue weighted by atomic mass is 16.4. The molecule has 0 amide bonds. The van der Waals surface area contributed by atoms with Crippen LogP contribution in [0.3, 0.4) is 0 Å². The van der Waals surface area contributed by atoms with Gasteiger partial charge in [0, 0.05) is 26.2 Å². The standard InChI is InChI=1S/3C16H32O2.C3H8O3.C2H4O2/c3*1-2-3-4-5-6-7-8-9-10-11-12-13-14-15-16(17)18;4-1-3(6)2-5;1-2(3)4/h3*2-15H2,1H3,(H,17,18);3-6H,1-2H2;1H3,(H,3,4). The Morgan fingerprint density at radius 2 is 0.422 bits per heavy atom. The Kier molecular flexibility index (Phi) is 74.5. The van der Waals surface area contributed by atoms with Gasteiger partial charge in [-0.3, -0.25) is 19.2 Å². The lowest BCUT2D eigenvalue weighted by molar-refractivity contribution is -0.138. The number of aliphatic hydroxyl groups excluding tert-OH is 3. The summed E-state index contributed by atoms with van der Waals surface area (Å²) >= 11 is 0. The molecule has 7 N–H and O–H groups in total. The Morgan fingerprint density at radius 3 is 0.516 bits per heavy atom. The lowest BCUT2D eigenvalue weighted by Gasteiger charge is -2.02. The van der Waals surface area contributed by atoms with Crippen molar-refractivity contribution in [2.75, 3.05) is 13.2 Å². The second-order valence-electron chi connectivity index (χ2n) is 17.7. The van der Waals surface area contributed by atoms with Crippen molar-refractivity contribution >= 4 is 23.9 Å². The molecule has 386 valence electrons. The third kappa shape index (κ3) is 94.4. The van der Waals surface area contributed by atoms with E-state index in [1.165, 1.54) is 212 Å². The first-order valence-electron chi connectivity index (χ1n) is 26.6. The first-order chi connectivity index (χ1) is 30.9. The van der Waals surface area contributed by atoms with E-state index < -0.39 is 30.0 Å². The van der Waals surface area contributed by atoms with Gasteiger partial charge in [-0.25, -0.2) is 0 Å². The monoisotopic (exact) mass is 921 g/mol. The Morgan fingerprint density at radius 1 is 0.297 bits per heavy atom. The van der Waals surface area contributed by atoms with Crippen LogP contribution in [0.15, 0.2) is 0 Å². The maximum absolute atomic E-state index is 10.3. The molecule has 0 fully saturated rings. The van der Waals surface area contributed by atoms with Crippen LogP contribution >= 0.6 is 0 Å². The van der Waals surface area contributed by atoms with Crippen molar-refractivity contribution in [3.8, 4) is 0 Å². The summed E-state index contributed by atoms with van der Waals surface area (Å²) in [6, 6.07) is 0. The van der Waals surface area contributed by atoms with Gasteiger partial charge in [-0.05, 0) is 19.3 Å². The number of carboxylic acid groups (broad SMARTS) is 4. The van der Waals surface area contributed by atoms with Crippen LogP contribution in [-0.2, 0) is 19.2 Å². The summed E-state index contributed by atoms with van der Waals surface area (Å²) in [5.74, 6) is -2.80. The van der Waals surface area contributed by atoms with E-state index in [4.69, 9.17) is 40.5 Å². The Labute approximate surface area is 394 Å². The number of rotatable bonds is 44. The van der Waals surface area contributed by atoms with Gasteiger partial charge in [0.1, 0.15) is 6.10 Å². The molecule has 0 saturated carbocycles. The molecule has 64 heavy (non-hydrogen) atoms. The third-order valence-electron chi connectivity index (χ3n) is 10.9. The van der Waals surface area contributed by atoms with Gasteiger partial charge >= 0.3 is 17.9 Å². The zero-order valence-corrected chi connectivity index (χ0v) is 42.5. The Balaban J connectivity index is -0.000000245. The summed E-state index contributed by atoms with van der Waals surface area (Å²) in [7, 11) is 0. The van der Waals surface area contributed by atoms with Gasteiger partial charge < -0.3 is 35.7 Å². The maximum atomic E-state index is 10.3. The third-order valence-corrected chi connectivity index (χ3v) is 10.9. The predicted octanol–water partition coefficient (Wildman–Crippen LogP) is 15.1. The van der Waals surface area contributed by atoms with Crippen LogP contribution < -0.4 is 0 Å². The van der Waals surface area contributed by atoms with Crippen LogP contribution in [0.25, 0.3) is 0 Å². The van der Waals surface area contributed by atoms with E-state index in [2.05, 4.69) is 20.8 Å². The quantitative estimate of drug-likeness (QED) is 0.0286. The molecule has 0 heterocycles. The average molecular weight is 921 g/mol. The largest absolute Gasteiger partial charge is 0.481 e. The van der Waals surface area contributed by atoms with Crippen molar-refractivity contribution in [3.63, 3.8) is 0 Å². The van der Waals surface area contributed by atoms with Gasteiger partial charge in [-0.15, -0.1) is 0 Å². The molecule has 0 rings (SSSR count). The highest BCUT2D eigenvalue weighted by Gasteiger charge is 2.00. The van der Waals surface area contributed by atoms with Crippen molar-refractivity contribution in [1.29, 1.82) is 0 Å². The highest BCUT2D eigenvalue weighted by Crippen LogP contribution is 2.15. The van der Waals surface area contributed by atoms with Gasteiger partial charge in [0.05, 0.1) is 13.2 Å². The number of aliphatic hydroxyl groups is 3. The fourth-order valence-electron chi connectivity index (χ4n) is 6.94.